The highest BCUT2D eigenvalue weighted by molar-refractivity contribution is 5.94. The second-order valence-electron chi connectivity index (χ2n) is 9.57. The molecular formula is C26H43N7O7. The number of amides is 4. The standard InChI is InChI=1S/C26H43N7O7/c27-13-3-1-5-18(29)23(36)31-19(11-12-22(30)35)24(37)33-21(15-16-7-9-17(34)10-8-16)25(38)32-20(26(39)40)6-2-4-14-28/h7-10,18-21,34H,1-6,11-15,27-29H2,(H2,30,35)(H,31,36)(H,32,38)(H,33,37)(H,39,40). The van der Waals surface area contributed by atoms with Gasteiger partial charge < -0.3 is 49.1 Å². The van der Waals surface area contributed by atoms with Crippen molar-refractivity contribution in [3.63, 3.8) is 0 Å². The van der Waals surface area contributed by atoms with Gasteiger partial charge in [0.25, 0.3) is 0 Å². The van der Waals surface area contributed by atoms with Crippen LogP contribution < -0.4 is 38.9 Å². The average Bonchev–Trinajstić information content (AvgIpc) is 2.90. The zero-order valence-corrected chi connectivity index (χ0v) is 22.6. The Hall–Kier alpha value is -3.75. The number of hydrogen-bond acceptors (Lipinski definition) is 9. The molecule has 0 spiro atoms. The van der Waals surface area contributed by atoms with Gasteiger partial charge in [0.15, 0.2) is 0 Å². The molecule has 0 saturated carbocycles. The van der Waals surface area contributed by atoms with Crippen LogP contribution in [0.15, 0.2) is 24.3 Å². The van der Waals surface area contributed by atoms with Gasteiger partial charge in [-0.3, -0.25) is 19.2 Å². The van der Waals surface area contributed by atoms with Gasteiger partial charge >= 0.3 is 5.97 Å². The van der Waals surface area contributed by atoms with E-state index in [1.807, 2.05) is 0 Å². The minimum atomic E-state index is -1.25. The first-order valence-electron chi connectivity index (χ1n) is 13.3. The number of benzene rings is 1. The number of aromatic hydroxyl groups is 1. The van der Waals surface area contributed by atoms with Crippen molar-refractivity contribution >= 4 is 29.6 Å². The molecule has 40 heavy (non-hydrogen) atoms. The number of phenols is 1. The van der Waals surface area contributed by atoms with Crippen molar-refractivity contribution in [1.82, 2.24) is 16.0 Å². The van der Waals surface area contributed by atoms with Crippen LogP contribution in [0.1, 0.15) is 56.9 Å². The maximum atomic E-state index is 13.3. The van der Waals surface area contributed by atoms with Crippen molar-refractivity contribution in [2.24, 2.45) is 22.9 Å². The Labute approximate surface area is 233 Å². The summed E-state index contributed by atoms with van der Waals surface area (Å²) >= 11 is 0. The molecule has 14 nitrogen and oxygen atoms in total. The van der Waals surface area contributed by atoms with Gasteiger partial charge in [0.2, 0.25) is 23.6 Å². The van der Waals surface area contributed by atoms with E-state index in [1.54, 1.807) is 12.1 Å². The number of aliphatic carboxylic acids is 1. The minimum Gasteiger partial charge on any atom is -0.508 e. The normalized spacial score (nSPS) is 13.9. The van der Waals surface area contributed by atoms with Gasteiger partial charge in [0, 0.05) is 12.8 Å². The lowest BCUT2D eigenvalue weighted by Crippen LogP contribution is -2.57. The van der Waals surface area contributed by atoms with E-state index < -0.39 is 53.8 Å². The second kappa shape index (κ2) is 18.5. The third kappa shape index (κ3) is 13.4. The summed E-state index contributed by atoms with van der Waals surface area (Å²) in [7, 11) is 0. The van der Waals surface area contributed by atoms with Crippen molar-refractivity contribution in [3.8, 4) is 5.75 Å². The van der Waals surface area contributed by atoms with Gasteiger partial charge in [0.1, 0.15) is 23.9 Å². The molecular weight excluding hydrogens is 522 g/mol. The van der Waals surface area contributed by atoms with Crippen molar-refractivity contribution in [2.45, 2.75) is 82.0 Å². The van der Waals surface area contributed by atoms with E-state index in [-0.39, 0.29) is 31.4 Å². The van der Waals surface area contributed by atoms with Crippen LogP contribution in [0.3, 0.4) is 0 Å². The van der Waals surface area contributed by atoms with E-state index in [4.69, 9.17) is 22.9 Å². The summed E-state index contributed by atoms with van der Waals surface area (Å²) in [6, 6.07) is 1.28. The van der Waals surface area contributed by atoms with Gasteiger partial charge in [0.05, 0.1) is 6.04 Å². The highest BCUT2D eigenvalue weighted by Crippen LogP contribution is 2.13. The molecule has 4 unspecified atom stereocenters. The third-order valence-electron chi connectivity index (χ3n) is 6.19. The molecule has 224 valence electrons. The molecule has 1 aromatic rings. The van der Waals surface area contributed by atoms with E-state index in [2.05, 4.69) is 16.0 Å². The van der Waals surface area contributed by atoms with Crippen LogP contribution in [-0.4, -0.2) is 77.1 Å². The molecule has 0 fully saturated rings. The van der Waals surface area contributed by atoms with E-state index >= 15 is 0 Å². The Morgan fingerprint density at radius 1 is 0.725 bits per heavy atom. The highest BCUT2D eigenvalue weighted by Gasteiger charge is 2.30. The molecule has 0 aliphatic heterocycles. The fourth-order valence-electron chi connectivity index (χ4n) is 3.85. The maximum absolute atomic E-state index is 13.3. The van der Waals surface area contributed by atoms with Crippen molar-refractivity contribution in [1.29, 1.82) is 0 Å². The van der Waals surface area contributed by atoms with E-state index in [1.165, 1.54) is 12.1 Å². The molecule has 4 amide bonds. The molecule has 0 saturated heterocycles. The Morgan fingerprint density at radius 2 is 1.25 bits per heavy atom. The Balaban J connectivity index is 3.12. The van der Waals surface area contributed by atoms with Gasteiger partial charge in [-0.2, -0.15) is 0 Å². The number of unbranched alkanes of at least 4 members (excludes halogenated alkanes) is 2. The van der Waals surface area contributed by atoms with Crippen LogP contribution in [-0.2, 0) is 30.4 Å². The number of rotatable bonds is 20. The van der Waals surface area contributed by atoms with Crippen molar-refractivity contribution in [3.05, 3.63) is 29.8 Å². The number of primary amides is 1. The second-order valence-corrected chi connectivity index (χ2v) is 9.57. The zero-order chi connectivity index (χ0) is 30.1. The largest absolute Gasteiger partial charge is 0.508 e. The molecule has 0 heterocycles. The first-order chi connectivity index (χ1) is 19.0. The molecule has 13 N–H and O–H groups in total. The van der Waals surface area contributed by atoms with Gasteiger partial charge in [-0.25, -0.2) is 4.79 Å². The summed E-state index contributed by atoms with van der Waals surface area (Å²) in [6.07, 6.45) is 2.36. The van der Waals surface area contributed by atoms with E-state index in [9.17, 15) is 34.2 Å². The quantitative estimate of drug-likeness (QED) is 0.0810. The molecule has 0 aliphatic carbocycles. The van der Waals surface area contributed by atoms with Crippen LogP contribution in [0.4, 0.5) is 0 Å². The molecule has 1 rings (SSSR count). The summed E-state index contributed by atoms with van der Waals surface area (Å²) in [5.41, 5.74) is 22.7. The summed E-state index contributed by atoms with van der Waals surface area (Å²) in [6.45, 7) is 0.813. The Morgan fingerprint density at radius 3 is 1.80 bits per heavy atom. The lowest BCUT2D eigenvalue weighted by Gasteiger charge is -2.25. The summed E-state index contributed by atoms with van der Waals surface area (Å²) in [5.74, 6) is -4.10. The molecule has 0 aliphatic rings. The highest BCUT2D eigenvalue weighted by atomic mass is 16.4. The first-order valence-corrected chi connectivity index (χ1v) is 13.3. The van der Waals surface area contributed by atoms with Crippen LogP contribution in [0.5, 0.6) is 5.75 Å². The van der Waals surface area contributed by atoms with Crippen LogP contribution >= 0.6 is 0 Å². The topological polar surface area (TPSA) is 266 Å². The van der Waals surface area contributed by atoms with Crippen molar-refractivity contribution in [2.75, 3.05) is 13.1 Å². The molecule has 1 aromatic carbocycles. The zero-order valence-electron chi connectivity index (χ0n) is 22.6. The number of carbonyl (C=O) groups excluding carboxylic acids is 4. The Kier molecular flexibility index (Phi) is 15.9. The lowest BCUT2D eigenvalue weighted by atomic mass is 10.0. The van der Waals surface area contributed by atoms with Crippen molar-refractivity contribution < 1.29 is 34.2 Å². The van der Waals surface area contributed by atoms with Crippen LogP contribution in [0.2, 0.25) is 0 Å². The lowest BCUT2D eigenvalue weighted by molar-refractivity contribution is -0.142. The fourth-order valence-corrected chi connectivity index (χ4v) is 3.85. The molecule has 14 heteroatoms. The SMILES string of the molecule is NCCCCC(N)C(=O)NC(CCC(N)=O)C(=O)NC(Cc1ccc(O)cc1)C(=O)NC(CCCCN)C(=O)O. The number of phenolic OH excluding ortho intramolecular Hbond substituents is 1. The minimum absolute atomic E-state index is 0.00309. The van der Waals surface area contributed by atoms with Crippen LogP contribution in [0.25, 0.3) is 0 Å². The first kappa shape index (κ1) is 34.3. The summed E-state index contributed by atoms with van der Waals surface area (Å²) in [4.78, 5) is 62.3. The Bertz CT molecular complexity index is 975. The van der Waals surface area contributed by atoms with Crippen LogP contribution in [0, 0.1) is 0 Å². The summed E-state index contributed by atoms with van der Waals surface area (Å²) in [5, 5.41) is 26.7. The van der Waals surface area contributed by atoms with E-state index in [0.29, 0.717) is 50.8 Å². The third-order valence-corrected chi connectivity index (χ3v) is 6.19. The number of hydrogen-bond donors (Lipinski definition) is 9. The smallest absolute Gasteiger partial charge is 0.326 e. The molecule has 4 atom stereocenters. The van der Waals surface area contributed by atoms with Gasteiger partial charge in [-0.15, -0.1) is 0 Å². The van der Waals surface area contributed by atoms with Gasteiger partial charge in [-0.05, 0) is 69.3 Å². The van der Waals surface area contributed by atoms with Gasteiger partial charge in [-0.1, -0.05) is 18.6 Å². The summed E-state index contributed by atoms with van der Waals surface area (Å²) < 4.78 is 0. The number of carbonyl (C=O) groups is 5. The molecule has 0 bridgehead atoms. The average molecular weight is 566 g/mol. The molecule has 0 radical (unpaired) electrons. The monoisotopic (exact) mass is 565 g/mol. The predicted octanol–water partition coefficient (Wildman–Crippen LogP) is -1.68. The molecule has 0 aromatic heterocycles. The van der Waals surface area contributed by atoms with E-state index in [0.717, 1.165) is 0 Å². The number of nitrogens with one attached hydrogen (secondary N) is 3. The number of nitrogens with two attached hydrogens (primary N) is 4. The fraction of sp³-hybridized carbons (Fsp3) is 0.577. The number of carboxylic acid groups (broad SMARTS) is 1. The number of carboxylic acids is 1. The maximum Gasteiger partial charge on any atom is 0.326 e. The predicted molar refractivity (Wildman–Crippen MR) is 147 cm³/mol.